The van der Waals surface area contributed by atoms with Crippen LogP contribution in [0.2, 0.25) is 0 Å². The van der Waals surface area contributed by atoms with Crippen molar-refractivity contribution in [3.63, 3.8) is 0 Å². The first-order valence-electron chi connectivity index (χ1n) is 7.58. The van der Waals surface area contributed by atoms with Gasteiger partial charge < -0.3 is 20.2 Å². The fourth-order valence-corrected chi connectivity index (χ4v) is 2.50. The maximum Gasteiger partial charge on any atom is 0.220 e. The molecule has 0 aliphatic carbocycles. The number of carboxylic acids is 1. The van der Waals surface area contributed by atoms with Crippen LogP contribution in [0.4, 0.5) is 0 Å². The molecule has 2 aromatic rings. The van der Waals surface area contributed by atoms with Gasteiger partial charge in [-0.3, -0.25) is 4.79 Å². The van der Waals surface area contributed by atoms with Crippen molar-refractivity contribution in [2.45, 2.75) is 39.2 Å². The molecule has 0 fully saturated rings. The number of hydrogen-bond acceptors (Lipinski definition) is 3. The van der Waals surface area contributed by atoms with Crippen molar-refractivity contribution in [1.82, 2.24) is 10.3 Å². The minimum Gasteiger partial charge on any atom is -0.548 e. The van der Waals surface area contributed by atoms with Crippen molar-refractivity contribution in [1.29, 1.82) is 0 Å². The molecule has 0 saturated carbocycles. The van der Waals surface area contributed by atoms with Gasteiger partial charge in [-0.2, -0.15) is 0 Å². The van der Waals surface area contributed by atoms with Crippen LogP contribution in [-0.2, 0) is 16.0 Å². The summed E-state index contributed by atoms with van der Waals surface area (Å²) in [6.45, 7) is 3.68. The molecule has 2 atom stereocenters. The van der Waals surface area contributed by atoms with Crippen molar-refractivity contribution in [3.8, 4) is 0 Å². The van der Waals surface area contributed by atoms with Gasteiger partial charge in [0, 0.05) is 23.5 Å². The van der Waals surface area contributed by atoms with Crippen LogP contribution in [0.25, 0.3) is 10.9 Å². The van der Waals surface area contributed by atoms with Gasteiger partial charge in [0.1, 0.15) is 0 Å². The van der Waals surface area contributed by atoms with E-state index in [9.17, 15) is 14.7 Å². The SMILES string of the molecule is CC[C@@H](C)[C@@H](NC(=O)CCc1c[nH]c2ccccc12)C(=O)[O-]. The highest BCUT2D eigenvalue weighted by molar-refractivity contribution is 5.85. The van der Waals surface area contributed by atoms with Crippen LogP contribution >= 0.6 is 0 Å². The van der Waals surface area contributed by atoms with Crippen LogP contribution in [0.3, 0.4) is 0 Å². The van der Waals surface area contributed by atoms with Gasteiger partial charge in [0.15, 0.2) is 0 Å². The number of carboxylic acid groups (broad SMARTS) is 1. The molecule has 1 aromatic heterocycles. The quantitative estimate of drug-likeness (QED) is 0.810. The number of para-hydroxylation sites is 1. The minimum atomic E-state index is -1.23. The van der Waals surface area contributed by atoms with Gasteiger partial charge in [-0.25, -0.2) is 0 Å². The van der Waals surface area contributed by atoms with Crippen LogP contribution in [0.1, 0.15) is 32.3 Å². The van der Waals surface area contributed by atoms with Crippen molar-refractivity contribution in [2.75, 3.05) is 0 Å². The molecular formula is C17H21N2O3-. The Morgan fingerprint density at radius 1 is 1.32 bits per heavy atom. The van der Waals surface area contributed by atoms with E-state index < -0.39 is 12.0 Å². The molecule has 2 N–H and O–H groups in total. The van der Waals surface area contributed by atoms with Gasteiger partial charge >= 0.3 is 0 Å². The second kappa shape index (κ2) is 7.11. The molecule has 0 radical (unpaired) electrons. The van der Waals surface area contributed by atoms with E-state index in [1.165, 1.54) is 0 Å². The largest absolute Gasteiger partial charge is 0.548 e. The number of carbonyl (C=O) groups excluding carboxylic acids is 2. The van der Waals surface area contributed by atoms with Gasteiger partial charge in [0.2, 0.25) is 5.91 Å². The zero-order valence-corrected chi connectivity index (χ0v) is 12.9. The van der Waals surface area contributed by atoms with Crippen LogP contribution < -0.4 is 10.4 Å². The number of hydrogen-bond donors (Lipinski definition) is 2. The number of aliphatic carboxylic acids is 1. The smallest absolute Gasteiger partial charge is 0.220 e. The van der Waals surface area contributed by atoms with E-state index in [2.05, 4.69) is 10.3 Å². The average molecular weight is 301 g/mol. The van der Waals surface area contributed by atoms with Crippen molar-refractivity contribution < 1.29 is 14.7 Å². The lowest BCUT2D eigenvalue weighted by atomic mass is 9.99. The lowest BCUT2D eigenvalue weighted by molar-refractivity contribution is -0.309. The number of aromatic amines is 1. The molecule has 1 heterocycles. The number of H-pyrrole nitrogens is 1. The molecule has 118 valence electrons. The first-order chi connectivity index (χ1) is 10.5. The molecular weight excluding hydrogens is 280 g/mol. The molecule has 5 nitrogen and oxygen atoms in total. The molecule has 0 saturated heterocycles. The Labute approximate surface area is 129 Å². The number of benzene rings is 1. The summed E-state index contributed by atoms with van der Waals surface area (Å²) in [6, 6.07) is 6.96. The second-order valence-corrected chi connectivity index (χ2v) is 5.61. The van der Waals surface area contributed by atoms with Gasteiger partial charge in [-0.1, -0.05) is 38.5 Å². The van der Waals surface area contributed by atoms with Crippen molar-refractivity contribution >= 4 is 22.8 Å². The summed E-state index contributed by atoms with van der Waals surface area (Å²) in [4.78, 5) is 26.3. The van der Waals surface area contributed by atoms with Crippen LogP contribution in [0.15, 0.2) is 30.5 Å². The molecule has 0 bridgehead atoms. The molecule has 0 unspecified atom stereocenters. The lowest BCUT2D eigenvalue weighted by Crippen LogP contribution is -2.51. The highest BCUT2D eigenvalue weighted by atomic mass is 16.4. The monoisotopic (exact) mass is 301 g/mol. The summed E-state index contributed by atoms with van der Waals surface area (Å²) >= 11 is 0. The highest BCUT2D eigenvalue weighted by Gasteiger charge is 2.19. The fraction of sp³-hybridized carbons (Fsp3) is 0.412. The number of carbonyl (C=O) groups is 2. The number of nitrogens with one attached hydrogen (secondary N) is 2. The molecule has 1 amide bonds. The van der Waals surface area contributed by atoms with Crippen LogP contribution in [-0.4, -0.2) is 22.9 Å². The molecule has 0 aliphatic heterocycles. The predicted molar refractivity (Wildman–Crippen MR) is 83.0 cm³/mol. The van der Waals surface area contributed by atoms with Crippen molar-refractivity contribution in [2.24, 2.45) is 5.92 Å². The van der Waals surface area contributed by atoms with E-state index in [4.69, 9.17) is 0 Å². The third-order valence-electron chi connectivity index (χ3n) is 4.08. The second-order valence-electron chi connectivity index (χ2n) is 5.61. The summed E-state index contributed by atoms with van der Waals surface area (Å²) in [5, 5.41) is 14.8. The maximum atomic E-state index is 12.0. The Morgan fingerprint density at radius 2 is 2.05 bits per heavy atom. The summed E-state index contributed by atoms with van der Waals surface area (Å²) in [6.07, 6.45) is 3.38. The first kappa shape index (κ1) is 16.1. The molecule has 5 heteroatoms. The zero-order valence-electron chi connectivity index (χ0n) is 12.9. The molecule has 22 heavy (non-hydrogen) atoms. The zero-order chi connectivity index (χ0) is 16.1. The number of fused-ring (bicyclic) bond motifs is 1. The predicted octanol–water partition coefficient (Wildman–Crippen LogP) is 1.38. The van der Waals surface area contributed by atoms with E-state index >= 15 is 0 Å². The topological polar surface area (TPSA) is 85.0 Å². The van der Waals surface area contributed by atoms with Crippen LogP contribution in [0, 0.1) is 5.92 Å². The first-order valence-corrected chi connectivity index (χ1v) is 7.58. The number of amides is 1. The standard InChI is InChI=1S/C17H22N2O3/c1-3-11(2)16(17(21)22)19-15(20)9-8-12-10-18-14-7-5-4-6-13(12)14/h4-7,10-11,16,18H,3,8-9H2,1-2H3,(H,19,20)(H,21,22)/p-1/t11-,16-/m1/s1. The van der Waals surface area contributed by atoms with Crippen molar-refractivity contribution in [3.05, 3.63) is 36.0 Å². The Morgan fingerprint density at radius 3 is 2.73 bits per heavy atom. The van der Waals surface area contributed by atoms with E-state index in [0.29, 0.717) is 12.8 Å². The molecule has 0 aliphatic rings. The number of aryl methyl sites for hydroxylation is 1. The van der Waals surface area contributed by atoms with Gasteiger partial charge in [-0.15, -0.1) is 0 Å². The number of aromatic nitrogens is 1. The molecule has 0 spiro atoms. The summed E-state index contributed by atoms with van der Waals surface area (Å²) < 4.78 is 0. The summed E-state index contributed by atoms with van der Waals surface area (Å²) in [5.74, 6) is -1.64. The normalized spacial score (nSPS) is 13.7. The third-order valence-corrected chi connectivity index (χ3v) is 4.08. The van der Waals surface area contributed by atoms with Gasteiger partial charge in [0.25, 0.3) is 0 Å². The van der Waals surface area contributed by atoms with E-state index in [1.54, 1.807) is 6.92 Å². The van der Waals surface area contributed by atoms with E-state index in [1.807, 2.05) is 37.4 Å². The Bertz CT molecular complexity index is 663. The maximum absolute atomic E-state index is 12.0. The Hall–Kier alpha value is -2.30. The Kier molecular flexibility index (Phi) is 5.20. The van der Waals surface area contributed by atoms with E-state index in [0.717, 1.165) is 16.5 Å². The third kappa shape index (κ3) is 3.67. The summed E-state index contributed by atoms with van der Waals surface area (Å²) in [7, 11) is 0. The molecule has 1 aromatic carbocycles. The van der Waals surface area contributed by atoms with Crippen LogP contribution in [0.5, 0.6) is 0 Å². The molecule has 2 rings (SSSR count). The fourth-order valence-electron chi connectivity index (χ4n) is 2.50. The Balaban J connectivity index is 1.96. The highest BCUT2D eigenvalue weighted by Crippen LogP contribution is 2.19. The van der Waals surface area contributed by atoms with Gasteiger partial charge in [-0.05, 0) is 24.0 Å². The van der Waals surface area contributed by atoms with Gasteiger partial charge in [0.05, 0.1) is 12.0 Å². The average Bonchev–Trinajstić information content (AvgIpc) is 2.93. The van der Waals surface area contributed by atoms with E-state index in [-0.39, 0.29) is 18.2 Å². The lowest BCUT2D eigenvalue weighted by Gasteiger charge is -2.25. The minimum absolute atomic E-state index is 0.151. The number of rotatable bonds is 7. The summed E-state index contributed by atoms with van der Waals surface area (Å²) in [5.41, 5.74) is 2.09.